The molecule has 0 saturated heterocycles. The summed E-state index contributed by atoms with van der Waals surface area (Å²) in [6, 6.07) is 10.8. The molecule has 0 saturated carbocycles. The van der Waals surface area contributed by atoms with E-state index < -0.39 is 0 Å². The Morgan fingerprint density at radius 3 is 2.68 bits per heavy atom. The number of aromatic nitrogens is 4. The number of aromatic amines is 1. The SMILES string of the molecule is CC(C)Nc1cncc(-c2ccc3[nH]nc(C4Nc5ccncc5N4)c3c2)c1. The van der Waals surface area contributed by atoms with Crippen LogP contribution in [0.4, 0.5) is 17.1 Å². The molecular formula is C21H21N7. The fourth-order valence-electron chi connectivity index (χ4n) is 3.56. The number of hydrogen-bond donors (Lipinski definition) is 4. The fraction of sp³-hybridized carbons (Fsp3) is 0.190. The maximum absolute atomic E-state index is 4.55. The Morgan fingerprint density at radius 1 is 0.929 bits per heavy atom. The van der Waals surface area contributed by atoms with Gasteiger partial charge in [-0.05, 0) is 43.7 Å². The van der Waals surface area contributed by atoms with Crippen molar-refractivity contribution in [2.45, 2.75) is 26.1 Å². The lowest BCUT2D eigenvalue weighted by Crippen LogP contribution is -2.12. The zero-order valence-corrected chi connectivity index (χ0v) is 15.7. The van der Waals surface area contributed by atoms with Crippen LogP contribution in [0.15, 0.2) is 55.1 Å². The van der Waals surface area contributed by atoms with E-state index in [4.69, 9.17) is 0 Å². The van der Waals surface area contributed by atoms with Gasteiger partial charge in [0.1, 0.15) is 11.9 Å². The first-order chi connectivity index (χ1) is 13.7. The third kappa shape index (κ3) is 2.90. The quantitative estimate of drug-likeness (QED) is 0.426. The molecule has 0 fully saturated rings. The average Bonchev–Trinajstić information content (AvgIpc) is 3.30. The first-order valence-electron chi connectivity index (χ1n) is 9.34. The number of fused-ring (bicyclic) bond motifs is 2. The Bertz CT molecular complexity index is 1120. The number of benzene rings is 1. The molecule has 1 atom stereocenters. The van der Waals surface area contributed by atoms with E-state index in [0.29, 0.717) is 6.04 Å². The zero-order chi connectivity index (χ0) is 19.1. The van der Waals surface area contributed by atoms with Crippen LogP contribution in [0, 0.1) is 0 Å². The van der Waals surface area contributed by atoms with Crippen LogP contribution >= 0.6 is 0 Å². The highest BCUT2D eigenvalue weighted by molar-refractivity contribution is 5.88. The van der Waals surface area contributed by atoms with Crippen LogP contribution in [0.5, 0.6) is 0 Å². The van der Waals surface area contributed by atoms with E-state index in [9.17, 15) is 0 Å². The molecule has 7 heteroatoms. The van der Waals surface area contributed by atoms with Gasteiger partial charge in [0, 0.05) is 35.6 Å². The lowest BCUT2D eigenvalue weighted by Gasteiger charge is -2.12. The van der Waals surface area contributed by atoms with Crippen molar-refractivity contribution in [3.8, 4) is 11.1 Å². The van der Waals surface area contributed by atoms with Crippen LogP contribution in [0.1, 0.15) is 25.7 Å². The van der Waals surface area contributed by atoms with Crippen LogP contribution in [0.2, 0.25) is 0 Å². The van der Waals surface area contributed by atoms with Crippen LogP contribution in [-0.2, 0) is 0 Å². The molecule has 1 aliphatic rings. The van der Waals surface area contributed by atoms with Crippen molar-refractivity contribution >= 4 is 28.0 Å². The fourth-order valence-corrected chi connectivity index (χ4v) is 3.56. The van der Waals surface area contributed by atoms with E-state index in [-0.39, 0.29) is 6.17 Å². The van der Waals surface area contributed by atoms with Gasteiger partial charge in [0.05, 0.1) is 28.8 Å². The van der Waals surface area contributed by atoms with E-state index in [2.05, 4.69) is 74.2 Å². The predicted molar refractivity (Wildman–Crippen MR) is 112 cm³/mol. The van der Waals surface area contributed by atoms with Crippen molar-refractivity contribution < 1.29 is 0 Å². The summed E-state index contributed by atoms with van der Waals surface area (Å²) in [6.07, 6.45) is 7.24. The summed E-state index contributed by atoms with van der Waals surface area (Å²) in [7, 11) is 0. The molecule has 1 aromatic carbocycles. The van der Waals surface area contributed by atoms with E-state index >= 15 is 0 Å². The minimum atomic E-state index is -0.102. The summed E-state index contributed by atoms with van der Waals surface area (Å²) < 4.78 is 0. The Balaban J connectivity index is 1.51. The topological polar surface area (TPSA) is 90.5 Å². The smallest absolute Gasteiger partial charge is 0.143 e. The van der Waals surface area contributed by atoms with Crippen molar-refractivity contribution in [1.29, 1.82) is 0 Å². The molecule has 4 aromatic rings. The molecule has 4 N–H and O–H groups in total. The highest BCUT2D eigenvalue weighted by Gasteiger charge is 2.25. The molecule has 3 aromatic heterocycles. The lowest BCUT2D eigenvalue weighted by atomic mass is 10.0. The van der Waals surface area contributed by atoms with Gasteiger partial charge in [0.2, 0.25) is 0 Å². The molecule has 5 rings (SSSR count). The number of nitrogens with one attached hydrogen (secondary N) is 4. The molecule has 140 valence electrons. The van der Waals surface area contributed by atoms with E-state index in [0.717, 1.165) is 44.8 Å². The second-order valence-corrected chi connectivity index (χ2v) is 7.27. The number of H-pyrrole nitrogens is 1. The van der Waals surface area contributed by atoms with Crippen molar-refractivity contribution in [3.05, 3.63) is 60.8 Å². The minimum absolute atomic E-state index is 0.102. The van der Waals surface area contributed by atoms with Gasteiger partial charge < -0.3 is 16.0 Å². The van der Waals surface area contributed by atoms with Gasteiger partial charge >= 0.3 is 0 Å². The number of pyridine rings is 2. The van der Waals surface area contributed by atoms with Gasteiger partial charge in [0.15, 0.2) is 0 Å². The summed E-state index contributed by atoms with van der Waals surface area (Å²) in [6.45, 7) is 4.23. The molecule has 1 unspecified atom stereocenters. The molecule has 0 spiro atoms. The molecule has 1 aliphatic heterocycles. The van der Waals surface area contributed by atoms with Crippen LogP contribution in [0.25, 0.3) is 22.0 Å². The van der Waals surface area contributed by atoms with Gasteiger partial charge in [-0.2, -0.15) is 5.10 Å². The number of nitrogens with zero attached hydrogens (tertiary/aromatic N) is 3. The summed E-state index contributed by atoms with van der Waals surface area (Å²) in [4.78, 5) is 8.56. The van der Waals surface area contributed by atoms with Gasteiger partial charge in [0.25, 0.3) is 0 Å². The van der Waals surface area contributed by atoms with Crippen molar-refractivity contribution in [2.75, 3.05) is 16.0 Å². The third-order valence-corrected chi connectivity index (χ3v) is 4.81. The third-order valence-electron chi connectivity index (χ3n) is 4.81. The predicted octanol–water partition coefficient (Wildman–Crippen LogP) is 4.38. The molecular weight excluding hydrogens is 350 g/mol. The van der Waals surface area contributed by atoms with Crippen molar-refractivity contribution in [3.63, 3.8) is 0 Å². The van der Waals surface area contributed by atoms with Gasteiger partial charge in [-0.1, -0.05) is 6.07 Å². The standard InChI is InChI=1S/C21H21N7/c1-12(2)24-15-7-14(9-23-10-15)13-3-4-17-16(8-13)20(28-27-17)21-25-18-5-6-22-11-19(18)26-21/h3-12,21,24-26H,1-2H3,(H,27,28). The zero-order valence-electron chi connectivity index (χ0n) is 15.7. The summed E-state index contributed by atoms with van der Waals surface area (Å²) in [5, 5.41) is 19.1. The normalized spacial score (nSPS) is 15.3. The van der Waals surface area contributed by atoms with Crippen molar-refractivity contribution in [2.24, 2.45) is 0 Å². The maximum atomic E-state index is 4.55. The molecule has 0 bridgehead atoms. The Kier molecular flexibility index (Phi) is 3.86. The lowest BCUT2D eigenvalue weighted by molar-refractivity contribution is 0.874. The highest BCUT2D eigenvalue weighted by Crippen LogP contribution is 2.36. The first-order valence-corrected chi connectivity index (χ1v) is 9.34. The average molecular weight is 371 g/mol. The second-order valence-electron chi connectivity index (χ2n) is 7.27. The van der Waals surface area contributed by atoms with E-state index in [1.165, 1.54) is 0 Å². The Morgan fingerprint density at radius 2 is 1.82 bits per heavy atom. The molecule has 0 aliphatic carbocycles. The van der Waals surface area contributed by atoms with Crippen LogP contribution in [-0.4, -0.2) is 26.2 Å². The maximum Gasteiger partial charge on any atom is 0.143 e. The van der Waals surface area contributed by atoms with Gasteiger partial charge in [-0.3, -0.25) is 15.1 Å². The van der Waals surface area contributed by atoms with Crippen LogP contribution in [0.3, 0.4) is 0 Å². The molecule has 7 nitrogen and oxygen atoms in total. The second kappa shape index (κ2) is 6.53. The Hall–Kier alpha value is -3.61. The highest BCUT2D eigenvalue weighted by atomic mass is 15.2. The Labute approximate surface area is 162 Å². The van der Waals surface area contributed by atoms with Crippen molar-refractivity contribution in [1.82, 2.24) is 20.2 Å². The summed E-state index contributed by atoms with van der Waals surface area (Å²) in [5.41, 5.74) is 7.13. The minimum Gasteiger partial charge on any atom is -0.382 e. The van der Waals surface area contributed by atoms with E-state index in [1.807, 2.05) is 24.7 Å². The number of anilines is 3. The summed E-state index contributed by atoms with van der Waals surface area (Å²) >= 11 is 0. The van der Waals surface area contributed by atoms with Crippen LogP contribution < -0.4 is 16.0 Å². The molecule has 0 amide bonds. The van der Waals surface area contributed by atoms with E-state index in [1.54, 1.807) is 6.20 Å². The van der Waals surface area contributed by atoms with Gasteiger partial charge in [-0.15, -0.1) is 0 Å². The van der Waals surface area contributed by atoms with Gasteiger partial charge in [-0.25, -0.2) is 0 Å². The molecule has 28 heavy (non-hydrogen) atoms. The molecule has 4 heterocycles. The summed E-state index contributed by atoms with van der Waals surface area (Å²) in [5.74, 6) is 0. The monoisotopic (exact) mass is 371 g/mol. The first kappa shape index (κ1) is 16.6. The number of hydrogen-bond acceptors (Lipinski definition) is 6. The largest absolute Gasteiger partial charge is 0.382 e. The molecule has 0 radical (unpaired) electrons. The number of rotatable bonds is 4.